The minimum Gasteiger partial charge on any atom is -0.369 e. The molecule has 2 aromatic heterocycles. The highest BCUT2D eigenvalue weighted by molar-refractivity contribution is 5.78. The van der Waals surface area contributed by atoms with E-state index in [1.165, 1.54) is 0 Å². The summed E-state index contributed by atoms with van der Waals surface area (Å²) in [5, 5.41) is 15.7. The van der Waals surface area contributed by atoms with Crippen LogP contribution in [0.5, 0.6) is 0 Å². The Morgan fingerprint density at radius 1 is 1.42 bits per heavy atom. The Morgan fingerprint density at radius 2 is 2.26 bits per heavy atom. The molecular weight excluding hydrogens is 244 g/mol. The maximum atomic E-state index is 11.4. The fourth-order valence-corrected chi connectivity index (χ4v) is 2.64. The van der Waals surface area contributed by atoms with Gasteiger partial charge in [0, 0.05) is 6.04 Å². The molecule has 0 radical (unpaired) electrons. The Kier molecular flexibility index (Phi) is 2.81. The summed E-state index contributed by atoms with van der Waals surface area (Å²) >= 11 is 0. The third kappa shape index (κ3) is 2.11. The van der Waals surface area contributed by atoms with E-state index in [0.717, 1.165) is 25.1 Å². The first-order valence-corrected chi connectivity index (χ1v) is 6.40. The lowest BCUT2D eigenvalue weighted by Gasteiger charge is -2.18. The van der Waals surface area contributed by atoms with E-state index in [9.17, 15) is 4.79 Å². The van der Waals surface area contributed by atoms with E-state index in [1.807, 2.05) is 19.1 Å². The summed E-state index contributed by atoms with van der Waals surface area (Å²) in [4.78, 5) is 11.4. The summed E-state index contributed by atoms with van der Waals surface area (Å²) in [5.41, 5.74) is 6.12. The second kappa shape index (κ2) is 4.49. The zero-order chi connectivity index (χ0) is 13.4. The molecule has 0 aromatic carbocycles. The summed E-state index contributed by atoms with van der Waals surface area (Å²) in [5.74, 6) is 1.10. The fraction of sp³-hybridized carbons (Fsp3) is 0.500. The monoisotopic (exact) mass is 260 g/mol. The number of hydrogen-bond acceptors (Lipinski definition) is 5. The fourth-order valence-electron chi connectivity index (χ4n) is 2.64. The number of nitrogens with one attached hydrogen (secondary N) is 1. The second-order valence-corrected chi connectivity index (χ2v) is 4.93. The van der Waals surface area contributed by atoms with Crippen molar-refractivity contribution in [2.75, 3.05) is 5.32 Å². The Balaban J connectivity index is 1.84. The van der Waals surface area contributed by atoms with Gasteiger partial charge in [-0.05, 0) is 31.9 Å². The average Bonchev–Trinajstić information content (AvgIpc) is 2.98. The van der Waals surface area contributed by atoms with Crippen LogP contribution >= 0.6 is 0 Å². The summed E-state index contributed by atoms with van der Waals surface area (Å²) in [7, 11) is 0. The first kappa shape index (κ1) is 11.9. The van der Waals surface area contributed by atoms with Crippen molar-refractivity contribution in [3.63, 3.8) is 0 Å². The van der Waals surface area contributed by atoms with E-state index in [0.29, 0.717) is 11.5 Å². The van der Waals surface area contributed by atoms with Crippen molar-refractivity contribution in [1.29, 1.82) is 0 Å². The molecule has 1 amide bonds. The molecule has 0 saturated heterocycles. The number of rotatable bonds is 3. The third-order valence-corrected chi connectivity index (χ3v) is 3.63. The SMILES string of the molecule is Cc1nnc2ccc(N[C@@H]3CCC[C@H]3C(N)=O)nn12. The van der Waals surface area contributed by atoms with Crippen molar-refractivity contribution in [2.45, 2.75) is 32.2 Å². The molecule has 1 saturated carbocycles. The number of fused-ring (bicyclic) bond motifs is 1. The largest absolute Gasteiger partial charge is 0.369 e. The molecule has 0 unspecified atom stereocenters. The quantitative estimate of drug-likeness (QED) is 0.837. The number of amides is 1. The molecule has 2 aromatic rings. The Morgan fingerprint density at radius 3 is 3.05 bits per heavy atom. The normalized spacial score (nSPS) is 22.8. The number of aryl methyl sites for hydroxylation is 1. The van der Waals surface area contributed by atoms with E-state index in [2.05, 4.69) is 20.6 Å². The standard InChI is InChI=1S/C12H16N6O/c1-7-15-16-11-6-5-10(17-18(7)11)14-9-4-2-3-8(9)12(13)19/h5-6,8-9H,2-4H2,1H3,(H2,13,19)(H,14,17)/t8-,9-/m1/s1. The Bertz CT molecular complexity index is 622. The zero-order valence-electron chi connectivity index (χ0n) is 10.7. The van der Waals surface area contributed by atoms with Crippen LogP contribution in [-0.2, 0) is 4.79 Å². The molecule has 3 rings (SSSR count). The van der Waals surface area contributed by atoms with Crippen LogP contribution in [0.2, 0.25) is 0 Å². The Labute approximate surface area is 110 Å². The highest BCUT2D eigenvalue weighted by Gasteiger charge is 2.31. The summed E-state index contributed by atoms with van der Waals surface area (Å²) in [6.45, 7) is 1.85. The summed E-state index contributed by atoms with van der Waals surface area (Å²) in [6.07, 6.45) is 2.80. The Hall–Kier alpha value is -2.18. The van der Waals surface area contributed by atoms with E-state index >= 15 is 0 Å². The average molecular weight is 260 g/mol. The molecule has 0 aliphatic heterocycles. The molecule has 1 aliphatic carbocycles. The third-order valence-electron chi connectivity index (χ3n) is 3.63. The number of anilines is 1. The van der Waals surface area contributed by atoms with Gasteiger partial charge in [-0.2, -0.15) is 4.52 Å². The highest BCUT2D eigenvalue weighted by atomic mass is 16.1. The van der Waals surface area contributed by atoms with Gasteiger partial charge in [0.1, 0.15) is 5.82 Å². The minimum atomic E-state index is -0.239. The topological polar surface area (TPSA) is 98.2 Å². The summed E-state index contributed by atoms with van der Waals surface area (Å²) < 4.78 is 1.68. The molecule has 100 valence electrons. The number of carbonyl (C=O) groups excluding carboxylic acids is 1. The van der Waals surface area contributed by atoms with Crippen LogP contribution in [-0.4, -0.2) is 31.8 Å². The van der Waals surface area contributed by atoms with Gasteiger partial charge in [-0.1, -0.05) is 6.42 Å². The molecule has 7 heteroatoms. The van der Waals surface area contributed by atoms with Crippen LogP contribution in [0, 0.1) is 12.8 Å². The predicted octanol–water partition coefficient (Wildman–Crippen LogP) is 0.499. The summed E-state index contributed by atoms with van der Waals surface area (Å²) in [6, 6.07) is 3.77. The van der Waals surface area contributed by atoms with Crippen molar-refractivity contribution < 1.29 is 4.79 Å². The lowest BCUT2D eigenvalue weighted by Crippen LogP contribution is -2.34. The van der Waals surface area contributed by atoms with Gasteiger partial charge in [-0.25, -0.2) is 0 Å². The number of nitrogens with zero attached hydrogens (tertiary/aromatic N) is 4. The molecule has 2 atom stereocenters. The van der Waals surface area contributed by atoms with Gasteiger partial charge in [0.05, 0.1) is 5.92 Å². The number of carbonyl (C=O) groups is 1. The van der Waals surface area contributed by atoms with E-state index < -0.39 is 0 Å². The van der Waals surface area contributed by atoms with Crippen LogP contribution in [0.1, 0.15) is 25.1 Å². The second-order valence-electron chi connectivity index (χ2n) is 4.93. The molecule has 1 aliphatic rings. The molecule has 7 nitrogen and oxygen atoms in total. The van der Waals surface area contributed by atoms with Crippen molar-refractivity contribution in [3.8, 4) is 0 Å². The molecule has 19 heavy (non-hydrogen) atoms. The first-order chi connectivity index (χ1) is 9.15. The maximum absolute atomic E-state index is 11.4. The van der Waals surface area contributed by atoms with E-state index in [-0.39, 0.29) is 17.9 Å². The number of aromatic nitrogens is 4. The van der Waals surface area contributed by atoms with Crippen LogP contribution < -0.4 is 11.1 Å². The lowest BCUT2D eigenvalue weighted by molar-refractivity contribution is -0.121. The van der Waals surface area contributed by atoms with Crippen LogP contribution in [0.3, 0.4) is 0 Å². The number of primary amides is 1. The van der Waals surface area contributed by atoms with Gasteiger partial charge in [0.25, 0.3) is 0 Å². The molecule has 1 fully saturated rings. The molecule has 2 heterocycles. The van der Waals surface area contributed by atoms with Gasteiger partial charge < -0.3 is 11.1 Å². The van der Waals surface area contributed by atoms with Crippen LogP contribution in [0.4, 0.5) is 5.82 Å². The van der Waals surface area contributed by atoms with Crippen molar-refractivity contribution in [2.24, 2.45) is 11.7 Å². The smallest absolute Gasteiger partial charge is 0.222 e. The van der Waals surface area contributed by atoms with Gasteiger partial charge >= 0.3 is 0 Å². The number of hydrogen-bond donors (Lipinski definition) is 2. The number of nitrogens with two attached hydrogens (primary N) is 1. The molecule has 0 spiro atoms. The van der Waals surface area contributed by atoms with Gasteiger partial charge in [-0.3, -0.25) is 4.79 Å². The van der Waals surface area contributed by atoms with Crippen molar-refractivity contribution in [3.05, 3.63) is 18.0 Å². The van der Waals surface area contributed by atoms with Gasteiger partial charge in [0.15, 0.2) is 11.5 Å². The highest BCUT2D eigenvalue weighted by Crippen LogP contribution is 2.27. The molecule has 3 N–H and O–H groups in total. The zero-order valence-corrected chi connectivity index (χ0v) is 10.7. The lowest BCUT2D eigenvalue weighted by atomic mass is 10.0. The van der Waals surface area contributed by atoms with E-state index in [1.54, 1.807) is 4.52 Å². The van der Waals surface area contributed by atoms with Crippen molar-refractivity contribution in [1.82, 2.24) is 19.8 Å². The predicted molar refractivity (Wildman–Crippen MR) is 69.5 cm³/mol. The van der Waals surface area contributed by atoms with Crippen LogP contribution in [0.15, 0.2) is 12.1 Å². The van der Waals surface area contributed by atoms with E-state index in [4.69, 9.17) is 5.73 Å². The van der Waals surface area contributed by atoms with Crippen LogP contribution in [0.25, 0.3) is 5.65 Å². The first-order valence-electron chi connectivity index (χ1n) is 6.40. The molecular formula is C12H16N6O. The van der Waals surface area contributed by atoms with Gasteiger partial charge in [-0.15, -0.1) is 15.3 Å². The van der Waals surface area contributed by atoms with Crippen molar-refractivity contribution >= 4 is 17.4 Å². The van der Waals surface area contributed by atoms with Gasteiger partial charge in [0.2, 0.25) is 5.91 Å². The maximum Gasteiger partial charge on any atom is 0.222 e. The molecule has 0 bridgehead atoms. The minimum absolute atomic E-state index is 0.0687.